The molecule has 0 atom stereocenters. The first-order chi connectivity index (χ1) is 3.91. The molecule has 0 aromatic carbocycles. The molecule has 0 radical (unpaired) electrons. The normalized spacial score (nSPS) is 11.2. The molecule has 0 saturated carbocycles. The fraction of sp³-hybridized carbons (Fsp3) is 0.400. The minimum atomic E-state index is 0.936. The summed E-state index contributed by atoms with van der Waals surface area (Å²) < 4.78 is 0.936. The predicted molar refractivity (Wildman–Crippen MR) is 45.6 cm³/mol. The van der Waals surface area contributed by atoms with Crippen molar-refractivity contribution in [1.82, 2.24) is 5.32 Å². The third-order valence-corrected chi connectivity index (χ3v) is 0.967. The number of nitrogens with one attached hydrogen (secondary N) is 1. The summed E-state index contributed by atoms with van der Waals surface area (Å²) in [6.45, 7) is 0. The van der Waals surface area contributed by atoms with Crippen LogP contribution < -0.4 is 5.32 Å². The van der Waals surface area contributed by atoms with E-state index in [1.165, 1.54) is 0 Å². The number of alkyl halides is 1. The Bertz CT molecular complexity index is 88.4. The van der Waals surface area contributed by atoms with Crippen LogP contribution in [-0.2, 0) is 0 Å². The molecule has 0 spiro atoms. The molecule has 2 nitrogen and oxygen atoms in total. The topological polar surface area (TPSA) is 24.4 Å². The second kappa shape index (κ2) is 6.94. The summed E-state index contributed by atoms with van der Waals surface area (Å²) in [6, 6.07) is 0. The molecule has 0 aromatic rings. The van der Waals surface area contributed by atoms with E-state index in [-0.39, 0.29) is 0 Å². The monoisotopic (exact) mass is 224 g/mol. The Morgan fingerprint density at radius 3 is 3.00 bits per heavy atom. The van der Waals surface area contributed by atoms with Gasteiger partial charge in [-0.15, -0.1) is 0 Å². The molecule has 3 heteroatoms. The highest BCUT2D eigenvalue weighted by molar-refractivity contribution is 14.1. The average Bonchev–Trinajstić information content (AvgIpc) is 1.81. The van der Waals surface area contributed by atoms with Gasteiger partial charge < -0.3 is 5.32 Å². The van der Waals surface area contributed by atoms with E-state index in [0.717, 1.165) is 4.55 Å². The number of nitrogens with zero attached hydrogens (tertiary/aromatic N) is 1. The predicted octanol–water partition coefficient (Wildman–Crippen LogP) is 1.18. The lowest BCUT2D eigenvalue weighted by molar-refractivity contribution is 1.09. The van der Waals surface area contributed by atoms with Crippen LogP contribution in [0.15, 0.2) is 17.3 Å². The molecule has 0 amide bonds. The van der Waals surface area contributed by atoms with Gasteiger partial charge >= 0.3 is 0 Å². The molecule has 8 heavy (non-hydrogen) atoms. The van der Waals surface area contributed by atoms with Crippen LogP contribution in [0.5, 0.6) is 0 Å². The number of aliphatic imine (C=N–C) groups is 1. The van der Waals surface area contributed by atoms with Crippen LogP contribution in [0.2, 0.25) is 0 Å². The van der Waals surface area contributed by atoms with Crippen molar-refractivity contribution in [2.45, 2.75) is 0 Å². The van der Waals surface area contributed by atoms with Crippen LogP contribution in [0.1, 0.15) is 0 Å². The van der Waals surface area contributed by atoms with Crippen molar-refractivity contribution in [3.8, 4) is 0 Å². The maximum atomic E-state index is 3.75. The molecule has 0 aromatic heterocycles. The van der Waals surface area contributed by atoms with Crippen molar-refractivity contribution in [2.75, 3.05) is 11.6 Å². The molecule has 0 fully saturated rings. The van der Waals surface area contributed by atoms with Crippen LogP contribution >= 0.6 is 22.6 Å². The van der Waals surface area contributed by atoms with Gasteiger partial charge in [0.1, 0.15) is 0 Å². The zero-order valence-electron chi connectivity index (χ0n) is 4.76. The molecule has 0 aliphatic heterocycles. The highest BCUT2D eigenvalue weighted by atomic mass is 127. The van der Waals surface area contributed by atoms with E-state index in [1.54, 1.807) is 13.3 Å². The summed E-state index contributed by atoms with van der Waals surface area (Å²) in [6.07, 6.45) is 5.46. The largest absolute Gasteiger partial charge is 0.382 e. The van der Waals surface area contributed by atoms with Crippen molar-refractivity contribution in [1.29, 1.82) is 0 Å². The van der Waals surface area contributed by atoms with Crippen LogP contribution in [0.4, 0.5) is 0 Å². The van der Waals surface area contributed by atoms with Crippen molar-refractivity contribution in [3.63, 3.8) is 0 Å². The molecule has 0 unspecified atom stereocenters. The van der Waals surface area contributed by atoms with E-state index < -0.39 is 0 Å². The minimum Gasteiger partial charge on any atom is -0.382 e. The quantitative estimate of drug-likeness (QED) is 0.331. The van der Waals surface area contributed by atoms with Crippen molar-refractivity contribution < 1.29 is 0 Å². The molecule has 0 rings (SSSR count). The summed E-state index contributed by atoms with van der Waals surface area (Å²) in [5.41, 5.74) is 0. The fourth-order valence-corrected chi connectivity index (χ4v) is 0.496. The van der Waals surface area contributed by atoms with Gasteiger partial charge in [0.15, 0.2) is 0 Å². The summed E-state index contributed by atoms with van der Waals surface area (Å²) in [5.74, 6) is 0. The molecule has 0 aliphatic rings. The van der Waals surface area contributed by atoms with Gasteiger partial charge in [0.25, 0.3) is 0 Å². The van der Waals surface area contributed by atoms with E-state index >= 15 is 0 Å². The number of rotatable bonds is 3. The van der Waals surface area contributed by atoms with Gasteiger partial charge in [-0.25, -0.2) is 0 Å². The van der Waals surface area contributed by atoms with E-state index in [4.69, 9.17) is 0 Å². The van der Waals surface area contributed by atoms with Gasteiger partial charge in [0.2, 0.25) is 0 Å². The summed E-state index contributed by atoms with van der Waals surface area (Å²) in [4.78, 5) is 3.75. The van der Waals surface area contributed by atoms with Gasteiger partial charge in [0, 0.05) is 13.3 Å². The van der Waals surface area contributed by atoms with E-state index in [1.807, 2.05) is 12.3 Å². The first-order valence-corrected chi connectivity index (χ1v) is 3.81. The number of hydrogen-bond acceptors (Lipinski definition) is 2. The molecular weight excluding hydrogens is 215 g/mol. The molecule has 0 bridgehead atoms. The van der Waals surface area contributed by atoms with Gasteiger partial charge in [-0.05, 0) is 12.3 Å². The van der Waals surface area contributed by atoms with Gasteiger partial charge in [-0.3, -0.25) is 4.99 Å². The van der Waals surface area contributed by atoms with Crippen LogP contribution in [0.3, 0.4) is 0 Å². The van der Waals surface area contributed by atoms with Gasteiger partial charge in [0.05, 0.1) is 4.55 Å². The standard InChI is InChI=1S/C5H9IN2/c1-7-3-2-4-8-5-6/h2-4,8H,5H2,1H3. The Hall–Kier alpha value is -0.0600. The smallest absolute Gasteiger partial charge is 0.0665 e. The molecule has 1 N–H and O–H groups in total. The third-order valence-electron chi connectivity index (χ3n) is 0.526. The maximum Gasteiger partial charge on any atom is 0.0665 e. The lowest BCUT2D eigenvalue weighted by Gasteiger charge is -1.84. The van der Waals surface area contributed by atoms with Crippen molar-refractivity contribution in [3.05, 3.63) is 12.3 Å². The highest BCUT2D eigenvalue weighted by Gasteiger charge is 1.63. The Kier molecular flexibility index (Phi) is 6.89. The molecule has 0 saturated heterocycles. The van der Waals surface area contributed by atoms with Crippen molar-refractivity contribution in [2.24, 2.45) is 4.99 Å². The highest BCUT2D eigenvalue weighted by Crippen LogP contribution is 1.72. The number of allylic oxidation sites excluding steroid dienone is 1. The van der Waals surface area contributed by atoms with Crippen LogP contribution in [0.25, 0.3) is 0 Å². The second-order valence-electron chi connectivity index (χ2n) is 1.10. The summed E-state index contributed by atoms with van der Waals surface area (Å²) in [5, 5.41) is 3.00. The number of hydrogen-bond donors (Lipinski definition) is 1. The lowest BCUT2D eigenvalue weighted by atomic mass is 10.6. The average molecular weight is 224 g/mol. The van der Waals surface area contributed by atoms with Crippen LogP contribution in [-0.4, -0.2) is 17.8 Å². The van der Waals surface area contributed by atoms with E-state index in [2.05, 4.69) is 32.9 Å². The summed E-state index contributed by atoms with van der Waals surface area (Å²) >= 11 is 2.23. The SMILES string of the molecule is CN=CC=CNCI. The minimum absolute atomic E-state index is 0.936. The fourth-order valence-electron chi connectivity index (χ4n) is 0.242. The van der Waals surface area contributed by atoms with E-state index in [9.17, 15) is 0 Å². The Labute approximate surface area is 63.2 Å². The maximum absolute atomic E-state index is 3.75. The van der Waals surface area contributed by atoms with Crippen molar-refractivity contribution >= 4 is 28.8 Å². The molecule has 0 heterocycles. The molecule has 0 aliphatic carbocycles. The molecular formula is C5H9IN2. The zero-order chi connectivity index (χ0) is 6.24. The summed E-state index contributed by atoms with van der Waals surface area (Å²) in [7, 11) is 1.74. The first-order valence-electron chi connectivity index (χ1n) is 2.28. The number of halogens is 1. The van der Waals surface area contributed by atoms with Crippen LogP contribution in [0, 0.1) is 0 Å². The second-order valence-corrected chi connectivity index (χ2v) is 1.87. The van der Waals surface area contributed by atoms with Gasteiger partial charge in [-0.2, -0.15) is 0 Å². The first kappa shape index (κ1) is 7.94. The molecule has 46 valence electrons. The Morgan fingerprint density at radius 1 is 1.75 bits per heavy atom. The van der Waals surface area contributed by atoms with E-state index in [0.29, 0.717) is 0 Å². The van der Waals surface area contributed by atoms with Gasteiger partial charge in [-0.1, -0.05) is 22.6 Å². The Morgan fingerprint density at radius 2 is 2.50 bits per heavy atom. The lowest BCUT2D eigenvalue weighted by Crippen LogP contribution is -1.97. The third kappa shape index (κ3) is 5.94. The zero-order valence-corrected chi connectivity index (χ0v) is 6.92. The Balaban J connectivity index is 3.07.